The van der Waals surface area contributed by atoms with E-state index < -0.39 is 5.91 Å². The molecule has 140 valence electrons. The van der Waals surface area contributed by atoms with Gasteiger partial charge in [-0.25, -0.2) is 0 Å². The van der Waals surface area contributed by atoms with Gasteiger partial charge in [0.15, 0.2) is 0 Å². The normalized spacial score (nSPS) is 16.2. The van der Waals surface area contributed by atoms with Crippen LogP contribution in [0.5, 0.6) is 0 Å². The fourth-order valence-corrected chi connectivity index (χ4v) is 3.53. The van der Waals surface area contributed by atoms with E-state index >= 15 is 0 Å². The first kappa shape index (κ1) is 17.8. The van der Waals surface area contributed by atoms with Crippen LogP contribution in [0.25, 0.3) is 11.1 Å². The molecule has 0 heterocycles. The third kappa shape index (κ3) is 4.21. The molecular formula is C23H26N2O2. The number of rotatable bonds is 7. The molecule has 0 atom stereocenters. The van der Waals surface area contributed by atoms with Crippen LogP contribution in [0.15, 0.2) is 42.5 Å². The van der Waals surface area contributed by atoms with E-state index in [1.54, 1.807) is 12.1 Å². The molecule has 27 heavy (non-hydrogen) atoms. The van der Waals surface area contributed by atoms with Crippen LogP contribution in [0, 0.1) is 18.8 Å². The van der Waals surface area contributed by atoms with Gasteiger partial charge in [0, 0.05) is 24.2 Å². The van der Waals surface area contributed by atoms with Gasteiger partial charge in [-0.2, -0.15) is 0 Å². The highest BCUT2D eigenvalue weighted by Gasteiger charge is 2.32. The number of aryl methyl sites for hydroxylation is 1. The van der Waals surface area contributed by atoms with Gasteiger partial charge in [0.2, 0.25) is 5.91 Å². The fourth-order valence-electron chi connectivity index (χ4n) is 3.53. The SMILES string of the molecule is Cc1ccc(C(=O)N(CC2CC2)CC2CC2)cc1-c1ccc(C(N)=O)cc1. The van der Waals surface area contributed by atoms with Crippen molar-refractivity contribution in [1.82, 2.24) is 4.90 Å². The summed E-state index contributed by atoms with van der Waals surface area (Å²) in [5.74, 6) is 1.10. The molecule has 0 aromatic heterocycles. The summed E-state index contributed by atoms with van der Waals surface area (Å²) in [6.45, 7) is 3.83. The Hall–Kier alpha value is -2.62. The second-order valence-corrected chi connectivity index (χ2v) is 8.07. The molecule has 4 heteroatoms. The lowest BCUT2D eigenvalue weighted by molar-refractivity contribution is 0.0739. The van der Waals surface area contributed by atoms with E-state index in [4.69, 9.17) is 5.73 Å². The zero-order chi connectivity index (χ0) is 19.0. The third-order valence-electron chi connectivity index (χ3n) is 5.60. The largest absolute Gasteiger partial charge is 0.366 e. The minimum Gasteiger partial charge on any atom is -0.366 e. The first-order chi connectivity index (χ1) is 13.0. The van der Waals surface area contributed by atoms with Crippen molar-refractivity contribution in [3.63, 3.8) is 0 Å². The number of carbonyl (C=O) groups excluding carboxylic acids is 2. The van der Waals surface area contributed by atoms with Crippen molar-refractivity contribution in [1.29, 1.82) is 0 Å². The third-order valence-corrected chi connectivity index (χ3v) is 5.60. The lowest BCUT2D eigenvalue weighted by atomic mass is 9.96. The zero-order valence-electron chi connectivity index (χ0n) is 15.8. The van der Waals surface area contributed by atoms with Crippen molar-refractivity contribution in [3.05, 3.63) is 59.2 Å². The standard InChI is InChI=1S/C23H26N2O2/c1-15-2-7-20(12-21(15)18-8-10-19(11-9-18)22(24)26)23(27)25(13-16-3-4-16)14-17-5-6-17/h2,7-12,16-17H,3-6,13-14H2,1H3,(H2,24,26). The van der Waals surface area contributed by atoms with Crippen molar-refractivity contribution in [2.24, 2.45) is 17.6 Å². The monoisotopic (exact) mass is 362 g/mol. The molecule has 0 bridgehead atoms. The van der Waals surface area contributed by atoms with Crippen molar-refractivity contribution < 1.29 is 9.59 Å². The Morgan fingerprint density at radius 1 is 0.926 bits per heavy atom. The predicted octanol–water partition coefficient (Wildman–Crippen LogP) is 4.02. The summed E-state index contributed by atoms with van der Waals surface area (Å²) >= 11 is 0. The lowest BCUT2D eigenvalue weighted by Crippen LogP contribution is -2.34. The van der Waals surface area contributed by atoms with Crippen molar-refractivity contribution in [3.8, 4) is 11.1 Å². The average Bonchev–Trinajstić information content (AvgIpc) is 3.57. The molecule has 0 spiro atoms. The van der Waals surface area contributed by atoms with E-state index in [1.165, 1.54) is 25.7 Å². The molecule has 0 saturated heterocycles. The van der Waals surface area contributed by atoms with Crippen molar-refractivity contribution in [2.75, 3.05) is 13.1 Å². The van der Waals surface area contributed by atoms with Gasteiger partial charge in [-0.1, -0.05) is 18.2 Å². The van der Waals surface area contributed by atoms with Crippen LogP contribution in [-0.4, -0.2) is 29.8 Å². The van der Waals surface area contributed by atoms with Crippen LogP contribution in [0.3, 0.4) is 0 Å². The summed E-state index contributed by atoms with van der Waals surface area (Å²) < 4.78 is 0. The summed E-state index contributed by atoms with van der Waals surface area (Å²) in [5, 5.41) is 0. The molecule has 2 aliphatic carbocycles. The second-order valence-electron chi connectivity index (χ2n) is 8.07. The highest BCUT2D eigenvalue weighted by Crippen LogP contribution is 2.34. The van der Waals surface area contributed by atoms with E-state index in [9.17, 15) is 9.59 Å². The van der Waals surface area contributed by atoms with Crippen LogP contribution in [0.4, 0.5) is 0 Å². The Balaban J connectivity index is 1.60. The molecule has 2 N–H and O–H groups in total. The molecule has 4 nitrogen and oxygen atoms in total. The molecule has 2 aromatic rings. The molecule has 0 aliphatic heterocycles. The van der Waals surface area contributed by atoms with Crippen LogP contribution in [0.2, 0.25) is 0 Å². The number of carbonyl (C=O) groups is 2. The predicted molar refractivity (Wildman–Crippen MR) is 106 cm³/mol. The molecule has 2 aromatic carbocycles. The van der Waals surface area contributed by atoms with E-state index in [0.717, 1.165) is 35.3 Å². The van der Waals surface area contributed by atoms with Gasteiger partial charge in [-0.3, -0.25) is 9.59 Å². The van der Waals surface area contributed by atoms with E-state index in [0.29, 0.717) is 17.4 Å². The Morgan fingerprint density at radius 2 is 1.48 bits per heavy atom. The maximum Gasteiger partial charge on any atom is 0.253 e. The molecule has 2 amide bonds. The van der Waals surface area contributed by atoms with Gasteiger partial charge in [0.1, 0.15) is 0 Å². The smallest absolute Gasteiger partial charge is 0.253 e. The molecule has 0 radical (unpaired) electrons. The van der Waals surface area contributed by atoms with Gasteiger partial charge in [0.25, 0.3) is 5.91 Å². The highest BCUT2D eigenvalue weighted by molar-refractivity contribution is 5.96. The first-order valence-electron chi connectivity index (χ1n) is 9.81. The Kier molecular flexibility index (Phi) is 4.73. The number of amides is 2. The van der Waals surface area contributed by atoms with E-state index in [2.05, 4.69) is 4.90 Å². The van der Waals surface area contributed by atoms with Gasteiger partial charge in [0.05, 0.1) is 0 Å². The van der Waals surface area contributed by atoms with Gasteiger partial charge >= 0.3 is 0 Å². The van der Waals surface area contributed by atoms with Crippen LogP contribution >= 0.6 is 0 Å². The minimum absolute atomic E-state index is 0.142. The Bertz CT molecular complexity index is 850. The molecule has 2 fully saturated rings. The quantitative estimate of drug-likeness (QED) is 0.808. The Morgan fingerprint density at radius 3 is 2.00 bits per heavy atom. The van der Waals surface area contributed by atoms with Gasteiger partial charge in [-0.15, -0.1) is 0 Å². The molecule has 2 aliphatic rings. The summed E-state index contributed by atoms with van der Waals surface area (Å²) in [4.78, 5) is 26.5. The summed E-state index contributed by atoms with van der Waals surface area (Å²) in [6, 6.07) is 13.2. The number of nitrogens with two attached hydrogens (primary N) is 1. The molecular weight excluding hydrogens is 336 g/mol. The van der Waals surface area contributed by atoms with E-state index in [-0.39, 0.29) is 5.91 Å². The summed E-state index contributed by atoms with van der Waals surface area (Å²) in [7, 11) is 0. The highest BCUT2D eigenvalue weighted by atomic mass is 16.2. The number of primary amides is 1. The number of hydrogen-bond acceptors (Lipinski definition) is 2. The van der Waals surface area contributed by atoms with Crippen molar-refractivity contribution in [2.45, 2.75) is 32.6 Å². The molecule has 4 rings (SSSR count). The fraction of sp³-hybridized carbons (Fsp3) is 0.391. The maximum absolute atomic E-state index is 13.2. The summed E-state index contributed by atoms with van der Waals surface area (Å²) in [6.07, 6.45) is 5.00. The Labute approximate surface area is 160 Å². The van der Waals surface area contributed by atoms with Crippen LogP contribution in [-0.2, 0) is 0 Å². The molecule has 0 unspecified atom stereocenters. The minimum atomic E-state index is -0.432. The van der Waals surface area contributed by atoms with E-state index in [1.807, 2.05) is 37.3 Å². The lowest BCUT2D eigenvalue weighted by Gasteiger charge is -2.23. The summed E-state index contributed by atoms with van der Waals surface area (Å²) in [5.41, 5.74) is 9.68. The molecule has 2 saturated carbocycles. The van der Waals surface area contributed by atoms with Gasteiger partial charge in [-0.05, 0) is 85.4 Å². The number of hydrogen-bond donors (Lipinski definition) is 1. The topological polar surface area (TPSA) is 63.4 Å². The van der Waals surface area contributed by atoms with Crippen LogP contribution in [0.1, 0.15) is 52.0 Å². The number of benzene rings is 2. The zero-order valence-corrected chi connectivity index (χ0v) is 15.8. The second kappa shape index (κ2) is 7.18. The van der Waals surface area contributed by atoms with Crippen molar-refractivity contribution >= 4 is 11.8 Å². The van der Waals surface area contributed by atoms with Crippen LogP contribution < -0.4 is 5.73 Å². The number of nitrogens with zero attached hydrogens (tertiary/aromatic N) is 1. The first-order valence-corrected chi connectivity index (χ1v) is 9.81. The average molecular weight is 362 g/mol. The van der Waals surface area contributed by atoms with Gasteiger partial charge < -0.3 is 10.6 Å². The maximum atomic E-state index is 13.2.